The predicted molar refractivity (Wildman–Crippen MR) is 93.5 cm³/mol. The van der Waals surface area contributed by atoms with Gasteiger partial charge in [0.1, 0.15) is 11.6 Å². The Kier molecular flexibility index (Phi) is 3.87. The quantitative estimate of drug-likeness (QED) is 0.703. The van der Waals surface area contributed by atoms with E-state index in [-0.39, 0.29) is 0 Å². The van der Waals surface area contributed by atoms with Crippen LogP contribution in [-0.4, -0.2) is 5.78 Å². The molecule has 2 atom stereocenters. The van der Waals surface area contributed by atoms with E-state index in [9.17, 15) is 13.6 Å². The van der Waals surface area contributed by atoms with Crippen LogP contribution in [0.2, 0.25) is 0 Å². The first kappa shape index (κ1) is 15.9. The number of halogens is 2. The van der Waals surface area contributed by atoms with Crippen LogP contribution >= 0.6 is 0 Å². The Morgan fingerprint density at radius 1 is 1.16 bits per heavy atom. The van der Waals surface area contributed by atoms with Crippen molar-refractivity contribution in [2.45, 2.75) is 19.8 Å². The molecule has 0 heterocycles. The summed E-state index contributed by atoms with van der Waals surface area (Å²) in [5.41, 5.74) is 3.14. The second kappa shape index (κ2) is 6.07. The molecule has 4 rings (SSSR count). The highest BCUT2D eigenvalue weighted by Crippen LogP contribution is 2.48. The zero-order valence-corrected chi connectivity index (χ0v) is 13.9. The molecule has 2 aliphatic rings. The third kappa shape index (κ3) is 3.07. The smallest absolute Gasteiger partial charge is 0.198 e. The van der Waals surface area contributed by atoms with Crippen molar-refractivity contribution in [3.05, 3.63) is 94.1 Å². The summed E-state index contributed by atoms with van der Waals surface area (Å²) >= 11 is 0. The van der Waals surface area contributed by atoms with Gasteiger partial charge in [-0.05, 0) is 61.4 Å². The summed E-state index contributed by atoms with van der Waals surface area (Å²) in [4.78, 5) is 12.7. The molecule has 0 bridgehead atoms. The summed E-state index contributed by atoms with van der Waals surface area (Å²) < 4.78 is 27.9. The van der Waals surface area contributed by atoms with Gasteiger partial charge in [0.05, 0.1) is 5.56 Å². The zero-order chi connectivity index (χ0) is 17.6. The minimum atomic E-state index is -0.825. The normalized spacial score (nSPS) is 20.8. The van der Waals surface area contributed by atoms with Gasteiger partial charge in [-0.15, -0.1) is 0 Å². The molecule has 1 fully saturated rings. The lowest BCUT2D eigenvalue weighted by Crippen LogP contribution is -2.09. The molecule has 1 saturated carbocycles. The highest BCUT2D eigenvalue weighted by Gasteiger charge is 2.38. The summed E-state index contributed by atoms with van der Waals surface area (Å²) in [6.45, 7) is 1.90. The van der Waals surface area contributed by atoms with Crippen LogP contribution in [0.15, 0.2) is 60.2 Å². The second-order valence-electron chi connectivity index (χ2n) is 6.94. The van der Waals surface area contributed by atoms with Crippen LogP contribution in [0.25, 0.3) is 0 Å². The first-order valence-corrected chi connectivity index (χ1v) is 8.49. The van der Waals surface area contributed by atoms with E-state index in [1.165, 1.54) is 18.1 Å². The number of rotatable bonds is 4. The number of hydrogen-bond donors (Lipinski definition) is 0. The Labute approximate surface area is 145 Å². The van der Waals surface area contributed by atoms with Gasteiger partial charge in [-0.3, -0.25) is 4.79 Å². The van der Waals surface area contributed by atoms with Crippen molar-refractivity contribution in [1.29, 1.82) is 0 Å². The van der Waals surface area contributed by atoms with E-state index in [0.29, 0.717) is 17.4 Å². The lowest BCUT2D eigenvalue weighted by atomic mass is 9.93. The van der Waals surface area contributed by atoms with Crippen LogP contribution in [0.5, 0.6) is 0 Å². The van der Waals surface area contributed by atoms with E-state index in [4.69, 9.17) is 0 Å². The van der Waals surface area contributed by atoms with Crippen LogP contribution in [0.4, 0.5) is 8.78 Å². The lowest BCUT2D eigenvalue weighted by molar-refractivity contribution is 0.103. The van der Waals surface area contributed by atoms with Crippen molar-refractivity contribution in [3.63, 3.8) is 0 Å². The number of allylic oxidation sites excluding steroid dienone is 4. The number of benzene rings is 2. The minimum Gasteiger partial charge on any atom is -0.288 e. The Bertz CT molecular complexity index is 903. The number of carbonyl (C=O) groups excluding carboxylic acids is 1. The summed E-state index contributed by atoms with van der Waals surface area (Å²) in [7, 11) is 0. The van der Waals surface area contributed by atoms with Crippen molar-refractivity contribution >= 4 is 5.78 Å². The Morgan fingerprint density at radius 3 is 2.68 bits per heavy atom. The summed E-state index contributed by atoms with van der Waals surface area (Å²) in [5, 5.41) is 0. The SMILES string of the molecule is Cc1cc(CC2=CC=CC3CC23)cc(C(=O)c2c(F)cccc2F)c1. The van der Waals surface area contributed by atoms with Crippen LogP contribution in [0.1, 0.15) is 33.5 Å². The van der Waals surface area contributed by atoms with Gasteiger partial charge < -0.3 is 0 Å². The average molecular weight is 336 g/mol. The van der Waals surface area contributed by atoms with Crippen LogP contribution in [-0.2, 0) is 6.42 Å². The van der Waals surface area contributed by atoms with Crippen molar-refractivity contribution < 1.29 is 13.6 Å². The molecule has 25 heavy (non-hydrogen) atoms. The van der Waals surface area contributed by atoms with Crippen molar-refractivity contribution in [1.82, 2.24) is 0 Å². The monoisotopic (exact) mass is 336 g/mol. The van der Waals surface area contributed by atoms with Gasteiger partial charge in [0.2, 0.25) is 0 Å². The third-order valence-corrected chi connectivity index (χ3v) is 4.98. The number of ketones is 1. The largest absolute Gasteiger partial charge is 0.288 e. The second-order valence-corrected chi connectivity index (χ2v) is 6.94. The highest BCUT2D eigenvalue weighted by molar-refractivity contribution is 6.09. The van der Waals surface area contributed by atoms with E-state index in [1.807, 2.05) is 13.0 Å². The van der Waals surface area contributed by atoms with Gasteiger partial charge in [0.25, 0.3) is 0 Å². The minimum absolute atomic E-state index is 0.332. The molecular weight excluding hydrogens is 318 g/mol. The highest BCUT2D eigenvalue weighted by atomic mass is 19.1. The van der Waals surface area contributed by atoms with Gasteiger partial charge in [-0.2, -0.15) is 0 Å². The van der Waals surface area contributed by atoms with E-state index in [1.54, 1.807) is 12.1 Å². The Balaban J connectivity index is 1.67. The van der Waals surface area contributed by atoms with Crippen molar-refractivity contribution in [2.24, 2.45) is 11.8 Å². The summed E-state index contributed by atoms with van der Waals surface area (Å²) in [6, 6.07) is 8.96. The molecule has 2 aromatic carbocycles. The molecule has 1 nitrogen and oxygen atoms in total. The van der Waals surface area contributed by atoms with Crippen LogP contribution in [0, 0.1) is 30.4 Å². The summed E-state index contributed by atoms with van der Waals surface area (Å²) in [5.74, 6) is -0.975. The number of carbonyl (C=O) groups is 1. The lowest BCUT2D eigenvalue weighted by Gasteiger charge is -2.12. The molecule has 2 aliphatic carbocycles. The molecule has 3 heteroatoms. The van der Waals surface area contributed by atoms with Gasteiger partial charge in [-0.1, -0.05) is 41.5 Å². The van der Waals surface area contributed by atoms with Gasteiger partial charge in [-0.25, -0.2) is 8.78 Å². The molecule has 0 aromatic heterocycles. The van der Waals surface area contributed by atoms with Gasteiger partial charge in [0, 0.05) is 5.56 Å². The van der Waals surface area contributed by atoms with Crippen LogP contribution in [0.3, 0.4) is 0 Å². The fraction of sp³-hybridized carbons (Fsp3) is 0.227. The maximum atomic E-state index is 13.9. The van der Waals surface area contributed by atoms with Crippen LogP contribution < -0.4 is 0 Å². The fourth-order valence-corrected chi connectivity index (χ4v) is 3.68. The molecule has 0 spiro atoms. The standard InChI is InChI=1S/C22H18F2O/c1-13-8-14(10-15-4-2-5-16-12-18(15)16)11-17(9-13)22(25)21-19(23)6-3-7-20(21)24/h2-9,11,16,18H,10,12H2,1H3. The molecule has 2 aromatic rings. The molecule has 0 radical (unpaired) electrons. The topological polar surface area (TPSA) is 17.1 Å². The molecule has 2 unspecified atom stereocenters. The van der Waals surface area contributed by atoms with Crippen molar-refractivity contribution in [2.75, 3.05) is 0 Å². The maximum Gasteiger partial charge on any atom is 0.198 e. The maximum absolute atomic E-state index is 13.9. The molecular formula is C22H18F2O. The number of hydrogen-bond acceptors (Lipinski definition) is 1. The molecule has 0 N–H and O–H groups in total. The predicted octanol–water partition coefficient (Wildman–Crippen LogP) is 5.18. The first-order chi connectivity index (χ1) is 12.0. The Hall–Kier alpha value is -2.55. The molecule has 0 amide bonds. The fourth-order valence-electron chi connectivity index (χ4n) is 3.68. The summed E-state index contributed by atoms with van der Waals surface area (Å²) in [6.07, 6.45) is 8.45. The first-order valence-electron chi connectivity index (χ1n) is 8.49. The number of aryl methyl sites for hydroxylation is 1. The van der Waals surface area contributed by atoms with E-state index < -0.39 is 23.0 Å². The molecule has 126 valence electrons. The van der Waals surface area contributed by atoms with E-state index >= 15 is 0 Å². The van der Waals surface area contributed by atoms with E-state index in [2.05, 4.69) is 18.2 Å². The van der Waals surface area contributed by atoms with E-state index in [0.717, 1.165) is 29.7 Å². The van der Waals surface area contributed by atoms with Crippen molar-refractivity contribution in [3.8, 4) is 0 Å². The Morgan fingerprint density at radius 2 is 1.92 bits per heavy atom. The number of fused-ring (bicyclic) bond motifs is 1. The average Bonchev–Trinajstić information content (AvgIpc) is 3.35. The zero-order valence-electron chi connectivity index (χ0n) is 13.9. The third-order valence-electron chi connectivity index (χ3n) is 4.98. The van der Waals surface area contributed by atoms with Gasteiger partial charge >= 0.3 is 0 Å². The van der Waals surface area contributed by atoms with Gasteiger partial charge in [0.15, 0.2) is 5.78 Å². The molecule has 0 saturated heterocycles. The molecule has 0 aliphatic heterocycles.